The average molecular weight is 411 g/mol. The van der Waals surface area contributed by atoms with Crippen LogP contribution >= 0.6 is 0 Å². The van der Waals surface area contributed by atoms with Crippen LogP contribution in [-0.4, -0.2) is 32.1 Å². The van der Waals surface area contributed by atoms with E-state index in [2.05, 4.69) is 0 Å². The minimum absolute atomic E-state index is 0.0821. The predicted molar refractivity (Wildman–Crippen MR) is 95.2 cm³/mol. The van der Waals surface area contributed by atoms with Crippen molar-refractivity contribution in [3.05, 3.63) is 58.2 Å². The first-order valence-corrected chi connectivity index (χ1v) is 9.01. The van der Waals surface area contributed by atoms with Gasteiger partial charge in [-0.2, -0.15) is 13.2 Å². The van der Waals surface area contributed by atoms with Gasteiger partial charge in [0, 0.05) is 25.5 Å². The van der Waals surface area contributed by atoms with E-state index in [1.165, 1.54) is 19.2 Å². The van der Waals surface area contributed by atoms with Gasteiger partial charge in [-0.1, -0.05) is 18.2 Å². The van der Waals surface area contributed by atoms with Gasteiger partial charge in [0.1, 0.15) is 17.9 Å². The molecule has 0 amide bonds. The minimum Gasteiger partial charge on any atom is -0.460 e. The van der Waals surface area contributed by atoms with Crippen molar-refractivity contribution in [1.82, 2.24) is 0 Å². The molecule has 0 bridgehead atoms. The number of hydrogen-bond acceptors (Lipinski definition) is 6. The Balaban J connectivity index is 2.10. The topological polar surface area (TPSA) is 87.8 Å². The van der Waals surface area contributed by atoms with Crippen LogP contribution in [0, 0.1) is 0 Å². The highest BCUT2D eigenvalue weighted by Crippen LogP contribution is 2.45. The molecule has 0 saturated heterocycles. The summed E-state index contributed by atoms with van der Waals surface area (Å²) in [6.07, 6.45) is -3.43. The van der Waals surface area contributed by atoms with Crippen LogP contribution in [0.15, 0.2) is 47.1 Å². The second kappa shape index (κ2) is 8.28. The molecule has 0 saturated carbocycles. The highest BCUT2D eigenvalue weighted by molar-refractivity contribution is 6.03. The van der Waals surface area contributed by atoms with Gasteiger partial charge in [0.25, 0.3) is 0 Å². The highest BCUT2D eigenvalue weighted by atomic mass is 19.4. The van der Waals surface area contributed by atoms with Gasteiger partial charge in [0.15, 0.2) is 5.78 Å². The van der Waals surface area contributed by atoms with E-state index in [4.69, 9.17) is 19.9 Å². The van der Waals surface area contributed by atoms with Crippen LogP contribution in [0.25, 0.3) is 0 Å². The number of ether oxygens (including phenoxy) is 3. The van der Waals surface area contributed by atoms with Crippen molar-refractivity contribution in [3.63, 3.8) is 0 Å². The summed E-state index contributed by atoms with van der Waals surface area (Å²) in [4.78, 5) is 25.3. The Hall–Kier alpha value is -2.81. The van der Waals surface area contributed by atoms with Crippen molar-refractivity contribution in [2.45, 2.75) is 31.4 Å². The van der Waals surface area contributed by atoms with Gasteiger partial charge in [0.2, 0.25) is 5.88 Å². The summed E-state index contributed by atoms with van der Waals surface area (Å²) < 4.78 is 55.2. The zero-order chi connectivity index (χ0) is 21.2. The summed E-state index contributed by atoms with van der Waals surface area (Å²) in [6, 6.07) is 4.49. The molecule has 2 N–H and O–H groups in total. The molecule has 9 heteroatoms. The van der Waals surface area contributed by atoms with Crippen LogP contribution in [0.1, 0.15) is 36.3 Å². The number of allylic oxidation sites excluding steroid dienone is 2. The normalized spacial score (nSPS) is 19.7. The van der Waals surface area contributed by atoms with E-state index in [0.29, 0.717) is 12.8 Å². The lowest BCUT2D eigenvalue weighted by Gasteiger charge is -2.32. The van der Waals surface area contributed by atoms with Crippen LogP contribution < -0.4 is 5.73 Å². The van der Waals surface area contributed by atoms with E-state index >= 15 is 0 Å². The number of ketones is 1. The molecule has 29 heavy (non-hydrogen) atoms. The first kappa shape index (κ1) is 20.9. The summed E-state index contributed by atoms with van der Waals surface area (Å²) in [5.41, 5.74) is 5.14. The van der Waals surface area contributed by atoms with Gasteiger partial charge in [-0.3, -0.25) is 4.79 Å². The molecule has 0 aromatic heterocycles. The molecule has 2 aliphatic rings. The third-order valence-electron chi connectivity index (χ3n) is 4.77. The van der Waals surface area contributed by atoms with Crippen molar-refractivity contribution in [1.29, 1.82) is 0 Å². The second-order valence-electron chi connectivity index (χ2n) is 6.68. The minimum atomic E-state index is -4.58. The fourth-order valence-corrected chi connectivity index (χ4v) is 3.48. The van der Waals surface area contributed by atoms with Gasteiger partial charge in [-0.15, -0.1) is 0 Å². The van der Waals surface area contributed by atoms with E-state index in [0.717, 1.165) is 12.1 Å². The fraction of sp³-hybridized carbons (Fsp3) is 0.400. The maximum absolute atomic E-state index is 13.2. The zero-order valence-corrected chi connectivity index (χ0v) is 15.7. The second-order valence-corrected chi connectivity index (χ2v) is 6.68. The number of rotatable bonds is 5. The fourth-order valence-electron chi connectivity index (χ4n) is 3.48. The van der Waals surface area contributed by atoms with Crippen molar-refractivity contribution in [3.8, 4) is 0 Å². The number of nitrogens with two attached hydrogens (primary N) is 1. The van der Waals surface area contributed by atoms with E-state index in [-0.39, 0.29) is 53.8 Å². The number of hydrogen-bond donors (Lipinski definition) is 1. The Labute approximate surface area is 165 Å². The Kier molecular flexibility index (Phi) is 5.97. The number of carbonyl (C=O) groups is 2. The third-order valence-corrected chi connectivity index (χ3v) is 4.77. The van der Waals surface area contributed by atoms with Crippen molar-refractivity contribution < 1.29 is 37.0 Å². The molecule has 6 nitrogen and oxygen atoms in total. The number of carbonyl (C=O) groups excluding carboxylic acids is 2. The predicted octanol–water partition coefficient (Wildman–Crippen LogP) is 3.19. The lowest BCUT2D eigenvalue weighted by Crippen LogP contribution is -2.32. The number of benzene rings is 1. The smallest absolute Gasteiger partial charge is 0.416 e. The molecule has 1 heterocycles. The Bertz CT molecular complexity index is 888. The molecule has 1 atom stereocenters. The first-order chi connectivity index (χ1) is 13.7. The summed E-state index contributed by atoms with van der Waals surface area (Å²) in [6.45, 7) is 0.0438. The quantitative estimate of drug-likeness (QED) is 0.592. The summed E-state index contributed by atoms with van der Waals surface area (Å²) in [5.74, 6) is -2.24. The van der Waals surface area contributed by atoms with Gasteiger partial charge in [0.05, 0.1) is 18.1 Å². The molecule has 3 rings (SSSR count). The SMILES string of the molecule is COCCOC(=O)C1=C(N)OC2=C(C(=O)CCC2)C1c1cccc(C(F)(F)F)c1. The maximum atomic E-state index is 13.2. The molecule has 1 unspecified atom stereocenters. The standard InChI is InChI=1S/C20H20F3NO5/c1-27-8-9-28-19(26)17-15(11-4-2-5-12(10-11)20(21,22)23)16-13(25)6-3-7-14(16)29-18(17)24/h2,4-5,10,15H,3,6-9,24H2,1H3. The molecule has 0 fully saturated rings. The molecule has 1 aliphatic carbocycles. The number of esters is 1. The van der Waals surface area contributed by atoms with Gasteiger partial charge < -0.3 is 19.9 Å². The van der Waals surface area contributed by atoms with E-state index in [1.54, 1.807) is 0 Å². The summed E-state index contributed by atoms with van der Waals surface area (Å²) in [7, 11) is 1.43. The van der Waals surface area contributed by atoms with Crippen LogP contribution in [0.3, 0.4) is 0 Å². The van der Waals surface area contributed by atoms with E-state index < -0.39 is 23.6 Å². The highest BCUT2D eigenvalue weighted by Gasteiger charge is 2.42. The van der Waals surface area contributed by atoms with Gasteiger partial charge in [-0.25, -0.2) is 4.79 Å². The molecule has 1 aliphatic heterocycles. The molecule has 0 radical (unpaired) electrons. The number of halogens is 3. The van der Waals surface area contributed by atoms with Crippen molar-refractivity contribution >= 4 is 11.8 Å². The lowest BCUT2D eigenvalue weighted by atomic mass is 9.77. The Morgan fingerprint density at radius 2 is 2.03 bits per heavy atom. The van der Waals surface area contributed by atoms with Gasteiger partial charge in [-0.05, 0) is 18.1 Å². The molecule has 1 aromatic carbocycles. The van der Waals surface area contributed by atoms with Crippen LogP contribution in [-0.2, 0) is 30.0 Å². The largest absolute Gasteiger partial charge is 0.460 e. The lowest BCUT2D eigenvalue weighted by molar-refractivity contribution is -0.141. The van der Waals surface area contributed by atoms with Crippen molar-refractivity contribution in [2.75, 3.05) is 20.3 Å². The van der Waals surface area contributed by atoms with E-state index in [1.807, 2.05) is 0 Å². The molecule has 0 spiro atoms. The van der Waals surface area contributed by atoms with Crippen molar-refractivity contribution in [2.24, 2.45) is 5.73 Å². The number of methoxy groups -OCH3 is 1. The zero-order valence-electron chi connectivity index (χ0n) is 15.7. The Morgan fingerprint density at radius 1 is 1.28 bits per heavy atom. The average Bonchev–Trinajstić information content (AvgIpc) is 2.66. The first-order valence-electron chi connectivity index (χ1n) is 9.01. The van der Waals surface area contributed by atoms with Crippen LogP contribution in [0.2, 0.25) is 0 Å². The van der Waals surface area contributed by atoms with Crippen LogP contribution in [0.5, 0.6) is 0 Å². The third kappa shape index (κ3) is 4.29. The molecular formula is C20H20F3NO5. The van der Waals surface area contributed by atoms with Crippen LogP contribution in [0.4, 0.5) is 13.2 Å². The maximum Gasteiger partial charge on any atom is 0.416 e. The summed E-state index contributed by atoms with van der Waals surface area (Å²) >= 11 is 0. The summed E-state index contributed by atoms with van der Waals surface area (Å²) in [5, 5.41) is 0. The molecule has 156 valence electrons. The molecule has 1 aromatic rings. The van der Waals surface area contributed by atoms with E-state index in [9.17, 15) is 22.8 Å². The monoisotopic (exact) mass is 411 g/mol. The number of Topliss-reactive ketones (excluding diaryl/α,β-unsaturated/α-hetero) is 1. The number of alkyl halides is 3. The molecular weight excluding hydrogens is 391 g/mol. The van der Waals surface area contributed by atoms with Gasteiger partial charge >= 0.3 is 12.1 Å². The Morgan fingerprint density at radius 3 is 2.72 bits per heavy atom.